The summed E-state index contributed by atoms with van der Waals surface area (Å²) in [6.07, 6.45) is 5.67. The van der Waals surface area contributed by atoms with Crippen LogP contribution in [0.2, 0.25) is 0 Å². The Bertz CT molecular complexity index is 986. The molecule has 3 rings (SSSR count). The number of urea groups is 1. The zero-order valence-electron chi connectivity index (χ0n) is 20.5. The number of unbranched alkanes of at least 4 members (excludes halogenated alkanes) is 2. The number of nitrogens with zero attached hydrogens (tertiary/aromatic N) is 3. The number of rotatable bonds is 14. The maximum Gasteiger partial charge on any atom is 0.341 e. The second kappa shape index (κ2) is 13.8. The number of aromatic nitrogens is 1. The lowest BCUT2D eigenvalue weighted by Gasteiger charge is -2.29. The van der Waals surface area contributed by atoms with E-state index in [1.165, 1.54) is 5.06 Å². The Morgan fingerprint density at radius 1 is 1.09 bits per heavy atom. The molecule has 0 saturated carbocycles. The van der Waals surface area contributed by atoms with E-state index in [-0.39, 0.29) is 17.8 Å². The van der Waals surface area contributed by atoms with Crippen molar-refractivity contribution >= 4 is 23.1 Å². The van der Waals surface area contributed by atoms with E-state index < -0.39 is 10.9 Å². The molecule has 2 aromatic rings. The molecule has 1 fully saturated rings. The first kappa shape index (κ1) is 26.6. The molecule has 1 aromatic heterocycles. The zero-order valence-corrected chi connectivity index (χ0v) is 20.5. The third-order valence-corrected chi connectivity index (χ3v) is 5.70. The quantitative estimate of drug-likeness (QED) is 0.207. The van der Waals surface area contributed by atoms with E-state index in [2.05, 4.69) is 25.8 Å². The largest absolute Gasteiger partial charge is 0.380 e. The number of hydrogen-bond donors (Lipinski definition) is 3. The van der Waals surface area contributed by atoms with Crippen LogP contribution in [0, 0.1) is 0 Å². The normalized spacial score (nSPS) is 14.3. The van der Waals surface area contributed by atoms with Crippen LogP contribution in [0.4, 0.5) is 21.9 Å². The first-order chi connectivity index (χ1) is 17.0. The Balaban J connectivity index is 1.29. The van der Waals surface area contributed by atoms with Crippen LogP contribution in [0.1, 0.15) is 33.1 Å². The van der Waals surface area contributed by atoms with Gasteiger partial charge in [-0.25, -0.2) is 9.86 Å². The van der Waals surface area contributed by atoms with Crippen molar-refractivity contribution in [1.29, 1.82) is 0 Å². The molecule has 11 nitrogen and oxygen atoms in total. The van der Waals surface area contributed by atoms with Crippen molar-refractivity contribution in [3.05, 3.63) is 45.0 Å². The van der Waals surface area contributed by atoms with Gasteiger partial charge >= 0.3 is 6.03 Å². The van der Waals surface area contributed by atoms with Crippen LogP contribution in [0.3, 0.4) is 0 Å². The molecule has 0 aliphatic carbocycles. The van der Waals surface area contributed by atoms with Crippen LogP contribution in [0.25, 0.3) is 0 Å². The van der Waals surface area contributed by atoms with Gasteiger partial charge in [-0.3, -0.25) is 24.3 Å². The van der Waals surface area contributed by atoms with Crippen molar-refractivity contribution in [1.82, 2.24) is 20.3 Å². The summed E-state index contributed by atoms with van der Waals surface area (Å²) in [4.78, 5) is 48.2. The second-order valence-electron chi connectivity index (χ2n) is 8.70. The summed E-state index contributed by atoms with van der Waals surface area (Å²) in [5.74, 6) is 0. The van der Waals surface area contributed by atoms with Crippen LogP contribution in [-0.4, -0.2) is 79.6 Å². The molecular formula is C24H36N6O5. The molecule has 35 heavy (non-hydrogen) atoms. The van der Waals surface area contributed by atoms with E-state index in [0.29, 0.717) is 31.1 Å². The van der Waals surface area contributed by atoms with Gasteiger partial charge in [-0.2, -0.15) is 0 Å². The van der Waals surface area contributed by atoms with Gasteiger partial charge < -0.3 is 20.7 Å². The van der Waals surface area contributed by atoms with Crippen molar-refractivity contribution in [2.24, 2.45) is 0 Å². The van der Waals surface area contributed by atoms with E-state index in [1.807, 2.05) is 13.8 Å². The monoisotopic (exact) mass is 488 g/mol. The van der Waals surface area contributed by atoms with Crippen molar-refractivity contribution in [3.63, 3.8) is 0 Å². The van der Waals surface area contributed by atoms with Gasteiger partial charge in [0, 0.05) is 50.8 Å². The average Bonchev–Trinajstić information content (AvgIpc) is 2.87. The zero-order chi connectivity index (χ0) is 25.0. The van der Waals surface area contributed by atoms with Crippen LogP contribution in [0.15, 0.2) is 34.1 Å². The van der Waals surface area contributed by atoms with Gasteiger partial charge in [0.25, 0.3) is 10.9 Å². The summed E-state index contributed by atoms with van der Waals surface area (Å²) in [6, 6.07) is 3.14. The number of hydroxylamine groups is 2. The fourth-order valence-electron chi connectivity index (χ4n) is 3.71. The van der Waals surface area contributed by atoms with Crippen LogP contribution in [-0.2, 0) is 9.57 Å². The molecule has 1 aliphatic rings. The third kappa shape index (κ3) is 8.01. The first-order valence-electron chi connectivity index (χ1n) is 12.2. The van der Waals surface area contributed by atoms with E-state index in [4.69, 9.17) is 9.57 Å². The SMILES string of the molecule is CC(C)N(OCCN1CCOCC1)C(=O)NCCCCCNc1c(Nc2ccncc2)c(=O)c1=O. The maximum absolute atomic E-state index is 12.5. The molecule has 1 aliphatic heterocycles. The molecule has 0 radical (unpaired) electrons. The van der Waals surface area contributed by atoms with Gasteiger partial charge in [0.1, 0.15) is 11.4 Å². The fraction of sp³-hybridized carbons (Fsp3) is 0.583. The number of amides is 2. The van der Waals surface area contributed by atoms with Gasteiger partial charge in [0.05, 0.1) is 25.9 Å². The highest BCUT2D eigenvalue weighted by Crippen LogP contribution is 2.20. The number of ether oxygens (including phenoxy) is 1. The Hall–Kier alpha value is -3.02. The van der Waals surface area contributed by atoms with Crippen LogP contribution >= 0.6 is 0 Å². The lowest BCUT2D eigenvalue weighted by atomic mass is 10.1. The lowest BCUT2D eigenvalue weighted by molar-refractivity contribution is -0.142. The Kier molecular flexibility index (Phi) is 10.5. The highest BCUT2D eigenvalue weighted by Gasteiger charge is 2.21. The van der Waals surface area contributed by atoms with E-state index in [1.54, 1.807) is 24.5 Å². The number of anilines is 3. The van der Waals surface area contributed by atoms with Gasteiger partial charge in [0.15, 0.2) is 0 Å². The highest BCUT2D eigenvalue weighted by atomic mass is 16.7. The topological polar surface area (TPSA) is 125 Å². The van der Waals surface area contributed by atoms with Gasteiger partial charge in [0.2, 0.25) is 0 Å². The van der Waals surface area contributed by atoms with Crippen molar-refractivity contribution in [3.8, 4) is 0 Å². The standard InChI is InChI=1S/C24H36N6O5/c1-18(2)30(35-17-14-29-12-15-34-16-13-29)24(33)27-9-5-3-4-8-26-20-21(23(32)22(20)31)28-19-6-10-25-11-7-19/h6-7,10-11,18,26H,3-5,8-9,12-17H2,1-2H3,(H,25,28)(H,27,33). The molecule has 1 aromatic carbocycles. The summed E-state index contributed by atoms with van der Waals surface area (Å²) >= 11 is 0. The maximum atomic E-state index is 12.5. The first-order valence-corrected chi connectivity index (χ1v) is 12.2. The molecule has 0 spiro atoms. The Morgan fingerprint density at radius 3 is 2.49 bits per heavy atom. The molecule has 0 bridgehead atoms. The van der Waals surface area contributed by atoms with E-state index in [9.17, 15) is 14.4 Å². The predicted octanol–water partition coefficient (Wildman–Crippen LogP) is 1.69. The molecule has 1 saturated heterocycles. The summed E-state index contributed by atoms with van der Waals surface area (Å²) in [5.41, 5.74) is 0.286. The van der Waals surface area contributed by atoms with E-state index in [0.717, 1.165) is 52.1 Å². The third-order valence-electron chi connectivity index (χ3n) is 5.70. The van der Waals surface area contributed by atoms with Crippen LogP contribution in [0.5, 0.6) is 0 Å². The summed E-state index contributed by atoms with van der Waals surface area (Å²) < 4.78 is 5.34. The number of morpholine rings is 1. The van der Waals surface area contributed by atoms with E-state index >= 15 is 0 Å². The number of nitrogens with one attached hydrogen (secondary N) is 3. The number of pyridine rings is 1. The molecule has 0 unspecified atom stereocenters. The molecule has 0 atom stereocenters. The molecule has 3 N–H and O–H groups in total. The van der Waals surface area contributed by atoms with Crippen molar-refractivity contribution < 1.29 is 14.4 Å². The number of carbonyl (C=O) groups excluding carboxylic acids is 1. The van der Waals surface area contributed by atoms with Crippen molar-refractivity contribution in [2.45, 2.75) is 39.2 Å². The summed E-state index contributed by atoms with van der Waals surface area (Å²) in [5, 5.41) is 10.3. The molecule has 192 valence electrons. The minimum Gasteiger partial charge on any atom is -0.380 e. The predicted molar refractivity (Wildman–Crippen MR) is 135 cm³/mol. The number of hydrogen-bond acceptors (Lipinski definition) is 9. The van der Waals surface area contributed by atoms with Gasteiger partial charge in [-0.15, -0.1) is 0 Å². The van der Waals surface area contributed by atoms with Gasteiger partial charge in [-0.05, 0) is 45.2 Å². The second-order valence-corrected chi connectivity index (χ2v) is 8.70. The average molecular weight is 489 g/mol. The summed E-state index contributed by atoms with van der Waals surface area (Å²) in [6.45, 7) is 9.38. The lowest BCUT2D eigenvalue weighted by Crippen LogP contribution is -2.46. The molecule has 11 heteroatoms. The number of carbonyl (C=O) groups is 1. The molecule has 2 amide bonds. The van der Waals surface area contributed by atoms with Crippen LogP contribution < -0.4 is 26.8 Å². The Morgan fingerprint density at radius 2 is 1.77 bits per heavy atom. The molecular weight excluding hydrogens is 452 g/mol. The molecule has 2 heterocycles. The van der Waals surface area contributed by atoms with Crippen molar-refractivity contribution in [2.75, 3.05) is 63.2 Å². The Labute approximate surface area is 205 Å². The smallest absolute Gasteiger partial charge is 0.341 e. The van der Waals surface area contributed by atoms with Gasteiger partial charge in [-0.1, -0.05) is 0 Å². The minimum absolute atomic E-state index is 0.0742. The highest BCUT2D eigenvalue weighted by molar-refractivity contribution is 5.78. The fourth-order valence-corrected chi connectivity index (χ4v) is 3.71. The summed E-state index contributed by atoms with van der Waals surface area (Å²) in [7, 11) is 0. The minimum atomic E-state index is -0.520.